The van der Waals surface area contributed by atoms with Gasteiger partial charge in [-0.2, -0.15) is 0 Å². The molecule has 1 atom stereocenters. The third-order valence-corrected chi connectivity index (χ3v) is 1.99. The number of carbonyl (C=O) groups excluding carboxylic acids is 1. The molecule has 0 aromatic heterocycles. The Labute approximate surface area is 86.5 Å². The zero-order valence-corrected chi connectivity index (χ0v) is 8.17. The van der Waals surface area contributed by atoms with Gasteiger partial charge in [-0.05, 0) is 6.07 Å². The predicted molar refractivity (Wildman–Crippen MR) is 51.4 cm³/mol. The van der Waals surface area contributed by atoms with Crippen LogP contribution in [0.3, 0.4) is 0 Å². The van der Waals surface area contributed by atoms with Crippen LogP contribution in [0.2, 0.25) is 0 Å². The van der Waals surface area contributed by atoms with E-state index in [0.717, 1.165) is 0 Å². The summed E-state index contributed by atoms with van der Waals surface area (Å²) in [5.41, 5.74) is 0.0976. The Morgan fingerprint density at radius 3 is 2.73 bits per heavy atom. The van der Waals surface area contributed by atoms with Crippen molar-refractivity contribution >= 4 is 5.97 Å². The molecule has 82 valence electrons. The van der Waals surface area contributed by atoms with Gasteiger partial charge in [0.2, 0.25) is 0 Å². The average molecular weight is 212 g/mol. The van der Waals surface area contributed by atoms with Crippen molar-refractivity contribution < 1.29 is 24.9 Å². The molecule has 1 aromatic carbocycles. The molecule has 0 spiro atoms. The van der Waals surface area contributed by atoms with E-state index in [2.05, 4.69) is 4.74 Å². The zero-order valence-electron chi connectivity index (χ0n) is 8.17. The molecular formula is C10H12O5. The fraction of sp³-hybridized carbons (Fsp3) is 0.300. The van der Waals surface area contributed by atoms with E-state index >= 15 is 0 Å². The van der Waals surface area contributed by atoms with E-state index in [1.165, 1.54) is 25.3 Å². The lowest BCUT2D eigenvalue weighted by Crippen LogP contribution is -2.08. The van der Waals surface area contributed by atoms with Crippen LogP contribution in [-0.2, 0) is 9.53 Å². The number of phenolic OH excluding ortho intramolecular Hbond substituents is 2. The van der Waals surface area contributed by atoms with Crippen molar-refractivity contribution in [3.8, 4) is 11.5 Å². The molecule has 1 unspecified atom stereocenters. The molecule has 0 heterocycles. The van der Waals surface area contributed by atoms with Crippen molar-refractivity contribution in [3.63, 3.8) is 0 Å². The van der Waals surface area contributed by atoms with Gasteiger partial charge in [0.15, 0.2) is 11.5 Å². The smallest absolute Gasteiger partial charge is 0.308 e. The van der Waals surface area contributed by atoms with Gasteiger partial charge < -0.3 is 20.1 Å². The number of aliphatic hydroxyl groups excluding tert-OH is 1. The Morgan fingerprint density at radius 2 is 2.13 bits per heavy atom. The molecule has 3 N–H and O–H groups in total. The van der Waals surface area contributed by atoms with Gasteiger partial charge in [0.05, 0.1) is 19.6 Å². The van der Waals surface area contributed by atoms with Crippen LogP contribution in [0.1, 0.15) is 18.1 Å². The largest absolute Gasteiger partial charge is 0.504 e. The summed E-state index contributed by atoms with van der Waals surface area (Å²) < 4.78 is 4.37. The Morgan fingerprint density at radius 1 is 1.47 bits per heavy atom. The summed E-state index contributed by atoms with van der Waals surface area (Å²) in [7, 11) is 1.21. The van der Waals surface area contributed by atoms with Crippen LogP contribution >= 0.6 is 0 Å². The molecule has 0 saturated carbocycles. The van der Waals surface area contributed by atoms with Crippen molar-refractivity contribution in [2.45, 2.75) is 12.5 Å². The summed E-state index contributed by atoms with van der Waals surface area (Å²) in [5, 5.41) is 28.1. The number of benzene rings is 1. The van der Waals surface area contributed by atoms with Crippen LogP contribution in [-0.4, -0.2) is 28.4 Å². The van der Waals surface area contributed by atoms with Crippen LogP contribution in [0.5, 0.6) is 11.5 Å². The highest BCUT2D eigenvalue weighted by Gasteiger charge is 2.18. The SMILES string of the molecule is COC(=O)CC(O)c1cccc(O)c1O. The summed E-state index contributed by atoms with van der Waals surface area (Å²) in [4.78, 5) is 10.9. The third kappa shape index (κ3) is 2.60. The molecule has 0 fully saturated rings. The molecule has 1 aromatic rings. The van der Waals surface area contributed by atoms with E-state index in [1.807, 2.05) is 0 Å². The molecule has 0 aliphatic carbocycles. The van der Waals surface area contributed by atoms with Gasteiger partial charge in [-0.25, -0.2) is 0 Å². The van der Waals surface area contributed by atoms with E-state index in [-0.39, 0.29) is 17.7 Å². The maximum Gasteiger partial charge on any atom is 0.308 e. The van der Waals surface area contributed by atoms with Gasteiger partial charge >= 0.3 is 5.97 Å². The predicted octanol–water partition coefficient (Wildman–Crippen LogP) is 0.694. The van der Waals surface area contributed by atoms with E-state index in [1.54, 1.807) is 0 Å². The summed E-state index contributed by atoms with van der Waals surface area (Å²) >= 11 is 0. The topological polar surface area (TPSA) is 87.0 Å². The Balaban J connectivity index is 2.86. The number of para-hydroxylation sites is 1. The highest BCUT2D eigenvalue weighted by Crippen LogP contribution is 2.33. The molecule has 0 amide bonds. The molecule has 0 saturated heterocycles. The van der Waals surface area contributed by atoms with Crippen LogP contribution in [0.15, 0.2) is 18.2 Å². The first-order valence-corrected chi connectivity index (χ1v) is 4.32. The van der Waals surface area contributed by atoms with Crippen molar-refractivity contribution in [2.75, 3.05) is 7.11 Å². The van der Waals surface area contributed by atoms with Crippen LogP contribution in [0.25, 0.3) is 0 Å². The molecule has 0 aliphatic heterocycles. The first-order valence-electron chi connectivity index (χ1n) is 4.32. The van der Waals surface area contributed by atoms with E-state index < -0.39 is 17.8 Å². The molecule has 15 heavy (non-hydrogen) atoms. The number of esters is 1. The molecule has 5 heteroatoms. The highest BCUT2D eigenvalue weighted by molar-refractivity contribution is 5.70. The molecule has 1 rings (SSSR count). The van der Waals surface area contributed by atoms with Crippen molar-refractivity contribution in [1.82, 2.24) is 0 Å². The van der Waals surface area contributed by atoms with E-state index in [9.17, 15) is 15.0 Å². The number of methoxy groups -OCH3 is 1. The molecule has 0 aliphatic rings. The van der Waals surface area contributed by atoms with Crippen LogP contribution < -0.4 is 0 Å². The summed E-state index contributed by atoms with van der Waals surface area (Å²) in [5.74, 6) is -1.35. The lowest BCUT2D eigenvalue weighted by atomic mass is 10.1. The third-order valence-electron chi connectivity index (χ3n) is 1.99. The minimum absolute atomic E-state index is 0.0976. The van der Waals surface area contributed by atoms with Gasteiger partial charge in [-0.15, -0.1) is 0 Å². The molecular weight excluding hydrogens is 200 g/mol. The van der Waals surface area contributed by atoms with Gasteiger partial charge in [-0.1, -0.05) is 12.1 Å². The highest BCUT2D eigenvalue weighted by atomic mass is 16.5. The maximum absolute atomic E-state index is 10.9. The minimum Gasteiger partial charge on any atom is -0.504 e. The van der Waals surface area contributed by atoms with Gasteiger partial charge in [0, 0.05) is 5.56 Å². The van der Waals surface area contributed by atoms with Gasteiger partial charge in [0.25, 0.3) is 0 Å². The number of phenols is 2. The first-order chi connectivity index (χ1) is 7.06. The fourth-order valence-electron chi connectivity index (χ4n) is 1.17. The summed E-state index contributed by atoms with van der Waals surface area (Å²) in [6.45, 7) is 0. The molecule has 0 radical (unpaired) electrons. The Bertz CT molecular complexity index is 361. The van der Waals surface area contributed by atoms with Crippen LogP contribution in [0, 0.1) is 0 Å². The van der Waals surface area contributed by atoms with Gasteiger partial charge in [0.1, 0.15) is 0 Å². The number of rotatable bonds is 3. The quantitative estimate of drug-likeness (QED) is 0.507. The Hall–Kier alpha value is -1.75. The second-order valence-electron chi connectivity index (χ2n) is 3.01. The average Bonchev–Trinajstić information content (AvgIpc) is 2.21. The standard InChI is InChI=1S/C10H12O5/c1-15-9(13)5-8(12)6-3-2-4-7(11)10(6)14/h2-4,8,11-12,14H,5H2,1H3. The number of aliphatic hydroxyl groups is 1. The summed E-state index contributed by atoms with van der Waals surface area (Å²) in [6.07, 6.45) is -1.46. The second kappa shape index (κ2) is 4.65. The number of hydrogen-bond donors (Lipinski definition) is 3. The lowest BCUT2D eigenvalue weighted by molar-refractivity contribution is -0.142. The normalized spacial score (nSPS) is 12.1. The first kappa shape index (κ1) is 11.3. The zero-order chi connectivity index (χ0) is 11.4. The number of carbonyl (C=O) groups is 1. The molecule has 5 nitrogen and oxygen atoms in total. The van der Waals surface area contributed by atoms with Crippen molar-refractivity contribution in [1.29, 1.82) is 0 Å². The van der Waals surface area contributed by atoms with E-state index in [0.29, 0.717) is 0 Å². The summed E-state index contributed by atoms with van der Waals surface area (Å²) in [6, 6.07) is 4.16. The monoisotopic (exact) mass is 212 g/mol. The maximum atomic E-state index is 10.9. The van der Waals surface area contributed by atoms with Crippen molar-refractivity contribution in [3.05, 3.63) is 23.8 Å². The van der Waals surface area contributed by atoms with Crippen molar-refractivity contribution in [2.24, 2.45) is 0 Å². The number of ether oxygens (including phenoxy) is 1. The molecule has 0 bridgehead atoms. The lowest BCUT2D eigenvalue weighted by Gasteiger charge is -2.11. The number of hydrogen-bond acceptors (Lipinski definition) is 5. The van der Waals surface area contributed by atoms with Gasteiger partial charge in [-0.3, -0.25) is 4.79 Å². The second-order valence-corrected chi connectivity index (χ2v) is 3.01. The fourth-order valence-corrected chi connectivity index (χ4v) is 1.17. The van der Waals surface area contributed by atoms with Crippen LogP contribution in [0.4, 0.5) is 0 Å². The van der Waals surface area contributed by atoms with E-state index in [4.69, 9.17) is 5.11 Å². The minimum atomic E-state index is -1.19. The Kier molecular flexibility index (Phi) is 3.51. The number of aromatic hydroxyl groups is 2.